The van der Waals surface area contributed by atoms with E-state index in [9.17, 15) is 4.79 Å². The minimum atomic E-state index is -0.180. The van der Waals surface area contributed by atoms with Crippen LogP contribution in [0.1, 0.15) is 19.8 Å². The predicted molar refractivity (Wildman–Crippen MR) is 75.1 cm³/mol. The van der Waals surface area contributed by atoms with Crippen molar-refractivity contribution in [3.63, 3.8) is 0 Å². The fourth-order valence-electron chi connectivity index (χ4n) is 1.75. The SMILES string of the molecule is CCC(CCO)NC(=O)Cn1nnc(-c2cccs2)n1. The number of carbonyl (C=O) groups is 1. The maximum absolute atomic E-state index is 11.8. The molecule has 1 unspecified atom stereocenters. The van der Waals surface area contributed by atoms with Gasteiger partial charge in [0.1, 0.15) is 6.54 Å². The number of aromatic nitrogens is 4. The van der Waals surface area contributed by atoms with Crippen LogP contribution in [0, 0.1) is 0 Å². The number of tetrazole rings is 1. The molecule has 0 aliphatic rings. The Labute approximate surface area is 120 Å². The lowest BCUT2D eigenvalue weighted by Crippen LogP contribution is -2.37. The zero-order valence-corrected chi connectivity index (χ0v) is 12.0. The van der Waals surface area contributed by atoms with Crippen LogP contribution in [0.15, 0.2) is 17.5 Å². The predicted octanol–water partition coefficient (Wildman–Crippen LogP) is 0.679. The lowest BCUT2D eigenvalue weighted by molar-refractivity contribution is -0.122. The van der Waals surface area contributed by atoms with Crippen LogP contribution < -0.4 is 5.32 Å². The van der Waals surface area contributed by atoms with E-state index in [2.05, 4.69) is 20.7 Å². The number of thiophene rings is 1. The summed E-state index contributed by atoms with van der Waals surface area (Å²) in [6, 6.07) is 3.79. The van der Waals surface area contributed by atoms with Gasteiger partial charge in [-0.3, -0.25) is 4.79 Å². The van der Waals surface area contributed by atoms with Crippen molar-refractivity contribution in [2.45, 2.75) is 32.4 Å². The zero-order chi connectivity index (χ0) is 14.4. The number of nitrogens with zero attached hydrogens (tertiary/aromatic N) is 4. The van der Waals surface area contributed by atoms with Crippen LogP contribution in [0.25, 0.3) is 10.7 Å². The van der Waals surface area contributed by atoms with Crippen LogP contribution in [0.5, 0.6) is 0 Å². The second kappa shape index (κ2) is 7.11. The summed E-state index contributed by atoms with van der Waals surface area (Å²) in [5, 5.41) is 25.6. The topological polar surface area (TPSA) is 92.9 Å². The molecule has 0 aliphatic heterocycles. The molecule has 20 heavy (non-hydrogen) atoms. The van der Waals surface area contributed by atoms with Gasteiger partial charge in [-0.15, -0.1) is 21.5 Å². The Morgan fingerprint density at radius 1 is 1.60 bits per heavy atom. The summed E-state index contributed by atoms with van der Waals surface area (Å²) in [5.41, 5.74) is 0. The van der Waals surface area contributed by atoms with E-state index in [0.717, 1.165) is 11.3 Å². The van der Waals surface area contributed by atoms with E-state index in [-0.39, 0.29) is 25.1 Å². The lowest BCUT2D eigenvalue weighted by Gasteiger charge is -2.14. The van der Waals surface area contributed by atoms with Gasteiger partial charge < -0.3 is 10.4 Å². The quantitative estimate of drug-likeness (QED) is 0.783. The molecule has 2 heterocycles. The van der Waals surface area contributed by atoms with Gasteiger partial charge in [0.05, 0.1) is 4.88 Å². The molecule has 0 spiro atoms. The summed E-state index contributed by atoms with van der Waals surface area (Å²) in [6.07, 6.45) is 1.32. The van der Waals surface area contributed by atoms with Gasteiger partial charge in [0, 0.05) is 12.6 Å². The van der Waals surface area contributed by atoms with Gasteiger partial charge in [-0.1, -0.05) is 13.0 Å². The van der Waals surface area contributed by atoms with Crippen LogP contribution in [0.4, 0.5) is 0 Å². The van der Waals surface area contributed by atoms with Crippen molar-refractivity contribution in [3.8, 4) is 10.7 Å². The van der Waals surface area contributed by atoms with Gasteiger partial charge in [0.25, 0.3) is 0 Å². The van der Waals surface area contributed by atoms with Crippen LogP contribution in [0.2, 0.25) is 0 Å². The smallest absolute Gasteiger partial charge is 0.243 e. The number of nitrogens with one attached hydrogen (secondary N) is 1. The maximum atomic E-state index is 11.8. The molecule has 2 rings (SSSR count). The third-order valence-electron chi connectivity index (χ3n) is 2.81. The summed E-state index contributed by atoms with van der Waals surface area (Å²) in [4.78, 5) is 14.0. The van der Waals surface area contributed by atoms with E-state index < -0.39 is 0 Å². The Kier molecular flexibility index (Phi) is 5.19. The van der Waals surface area contributed by atoms with Crippen molar-refractivity contribution in [2.75, 3.05) is 6.61 Å². The molecule has 2 aromatic rings. The first-order valence-electron chi connectivity index (χ1n) is 6.44. The van der Waals surface area contributed by atoms with Gasteiger partial charge in [0.2, 0.25) is 11.7 Å². The summed E-state index contributed by atoms with van der Waals surface area (Å²) < 4.78 is 0. The number of hydrogen-bond donors (Lipinski definition) is 2. The fourth-order valence-corrected chi connectivity index (χ4v) is 2.40. The van der Waals surface area contributed by atoms with E-state index in [1.165, 1.54) is 16.1 Å². The Morgan fingerprint density at radius 2 is 2.45 bits per heavy atom. The molecule has 0 radical (unpaired) electrons. The van der Waals surface area contributed by atoms with E-state index in [4.69, 9.17) is 5.11 Å². The van der Waals surface area contributed by atoms with Crippen LogP contribution in [0.3, 0.4) is 0 Å². The zero-order valence-electron chi connectivity index (χ0n) is 11.2. The van der Waals surface area contributed by atoms with Gasteiger partial charge in [-0.2, -0.15) is 4.80 Å². The fraction of sp³-hybridized carbons (Fsp3) is 0.500. The number of rotatable bonds is 7. The average molecular weight is 295 g/mol. The Bertz CT molecular complexity index is 540. The first-order valence-corrected chi connectivity index (χ1v) is 7.32. The minimum Gasteiger partial charge on any atom is -0.396 e. The van der Waals surface area contributed by atoms with Crippen molar-refractivity contribution in [1.82, 2.24) is 25.5 Å². The van der Waals surface area contributed by atoms with Gasteiger partial charge in [-0.05, 0) is 29.5 Å². The Hall–Kier alpha value is -1.80. The number of carbonyl (C=O) groups excluding carboxylic acids is 1. The third-order valence-corrected chi connectivity index (χ3v) is 3.68. The molecule has 0 aliphatic carbocycles. The molecule has 0 bridgehead atoms. The molecule has 1 amide bonds. The molecule has 0 fully saturated rings. The van der Waals surface area contributed by atoms with Crippen molar-refractivity contribution < 1.29 is 9.90 Å². The number of aliphatic hydroxyl groups excluding tert-OH is 1. The van der Waals surface area contributed by atoms with Gasteiger partial charge in [0.15, 0.2) is 0 Å². The minimum absolute atomic E-state index is 0.0206. The number of aliphatic hydroxyl groups is 1. The summed E-state index contributed by atoms with van der Waals surface area (Å²) in [5.74, 6) is 0.343. The van der Waals surface area contributed by atoms with E-state index in [1.807, 2.05) is 24.4 Å². The standard InChI is InChI=1S/C12H17N5O2S/c1-2-9(5-6-18)13-11(19)8-17-15-12(14-16-17)10-4-3-7-20-10/h3-4,7,9,18H,2,5-6,8H2,1H3,(H,13,19). The van der Waals surface area contributed by atoms with Crippen LogP contribution in [-0.2, 0) is 11.3 Å². The summed E-state index contributed by atoms with van der Waals surface area (Å²) in [6.45, 7) is 2.05. The van der Waals surface area contributed by atoms with Crippen molar-refractivity contribution in [2.24, 2.45) is 0 Å². The molecule has 0 saturated heterocycles. The van der Waals surface area contributed by atoms with E-state index in [0.29, 0.717) is 12.2 Å². The number of amides is 1. The molecule has 2 aromatic heterocycles. The highest BCUT2D eigenvalue weighted by Crippen LogP contribution is 2.19. The molecule has 8 heteroatoms. The first-order chi connectivity index (χ1) is 9.72. The Balaban J connectivity index is 1.91. The molecule has 0 saturated carbocycles. The molecule has 1 atom stereocenters. The van der Waals surface area contributed by atoms with Crippen molar-refractivity contribution >= 4 is 17.2 Å². The van der Waals surface area contributed by atoms with Gasteiger partial charge >= 0.3 is 0 Å². The highest BCUT2D eigenvalue weighted by molar-refractivity contribution is 7.13. The number of hydrogen-bond acceptors (Lipinski definition) is 6. The molecular formula is C12H17N5O2S. The molecule has 2 N–H and O–H groups in total. The summed E-state index contributed by atoms with van der Waals surface area (Å²) in [7, 11) is 0. The van der Waals surface area contributed by atoms with E-state index >= 15 is 0 Å². The van der Waals surface area contributed by atoms with Crippen molar-refractivity contribution in [3.05, 3.63) is 17.5 Å². The highest BCUT2D eigenvalue weighted by Gasteiger charge is 2.13. The third kappa shape index (κ3) is 3.84. The van der Waals surface area contributed by atoms with E-state index in [1.54, 1.807) is 0 Å². The average Bonchev–Trinajstić information content (AvgIpc) is 3.08. The molecule has 108 valence electrons. The monoisotopic (exact) mass is 295 g/mol. The van der Waals surface area contributed by atoms with Crippen LogP contribution in [-0.4, -0.2) is 43.9 Å². The highest BCUT2D eigenvalue weighted by atomic mass is 32.1. The van der Waals surface area contributed by atoms with Gasteiger partial charge in [-0.25, -0.2) is 0 Å². The maximum Gasteiger partial charge on any atom is 0.243 e. The van der Waals surface area contributed by atoms with Crippen molar-refractivity contribution in [1.29, 1.82) is 0 Å². The molecule has 0 aromatic carbocycles. The Morgan fingerprint density at radius 3 is 3.10 bits per heavy atom. The van der Waals surface area contributed by atoms with Crippen LogP contribution >= 0.6 is 11.3 Å². The second-order valence-electron chi connectivity index (χ2n) is 4.31. The molecular weight excluding hydrogens is 278 g/mol. The normalized spacial score (nSPS) is 12.3. The lowest BCUT2D eigenvalue weighted by atomic mass is 10.1. The largest absolute Gasteiger partial charge is 0.396 e. The molecule has 7 nitrogen and oxygen atoms in total. The second-order valence-corrected chi connectivity index (χ2v) is 5.25. The summed E-state index contributed by atoms with van der Waals surface area (Å²) >= 11 is 1.52. The first kappa shape index (κ1) is 14.6.